The zero-order chi connectivity index (χ0) is 19.2. The second kappa shape index (κ2) is 5.81. The summed E-state index contributed by atoms with van der Waals surface area (Å²) in [5.41, 5.74) is 0. The Balaban J connectivity index is 3.20. The minimum Gasteiger partial charge on any atom is -0.273 e. The highest BCUT2D eigenvalue weighted by molar-refractivity contribution is 7.91. The Morgan fingerprint density at radius 3 is 1.83 bits per heavy atom. The molecule has 0 aromatic carbocycles. The van der Waals surface area contributed by atoms with Crippen LogP contribution in [0.15, 0.2) is 12.2 Å². The molecule has 0 spiro atoms. The summed E-state index contributed by atoms with van der Waals surface area (Å²) in [6.45, 7) is 0. The van der Waals surface area contributed by atoms with Crippen molar-refractivity contribution in [2.45, 2.75) is 36.1 Å². The highest BCUT2D eigenvalue weighted by Gasteiger charge is 2.85. The van der Waals surface area contributed by atoms with Crippen molar-refractivity contribution in [1.29, 1.82) is 0 Å². The Bertz CT molecular complexity index is 638. The maximum absolute atomic E-state index is 13.3. The first-order valence-electron chi connectivity index (χ1n) is 5.92. The van der Waals surface area contributed by atoms with Crippen molar-refractivity contribution in [3.8, 4) is 0 Å². The summed E-state index contributed by atoms with van der Waals surface area (Å²) >= 11 is 0. The summed E-state index contributed by atoms with van der Waals surface area (Å²) in [6, 6.07) is 0. The van der Waals surface area contributed by atoms with E-state index in [2.05, 4.69) is 0 Å². The molecule has 1 unspecified atom stereocenters. The molecule has 140 valence electrons. The molecule has 1 amide bonds. The fraction of sp³-hybridized carbons (Fsp3) is 0.700. The van der Waals surface area contributed by atoms with E-state index >= 15 is 0 Å². The van der Waals surface area contributed by atoms with Crippen LogP contribution >= 0.6 is 0 Å². The van der Waals surface area contributed by atoms with Gasteiger partial charge in [0.2, 0.25) is 5.91 Å². The van der Waals surface area contributed by atoms with Gasteiger partial charge in [0.25, 0.3) is 0 Å². The van der Waals surface area contributed by atoms with Gasteiger partial charge in [0.05, 0.1) is 5.92 Å². The van der Waals surface area contributed by atoms with Gasteiger partial charge < -0.3 is 0 Å². The molecule has 24 heavy (non-hydrogen) atoms. The van der Waals surface area contributed by atoms with E-state index in [0.717, 1.165) is 6.08 Å². The molecular weight excluding hydrogens is 385 g/mol. The quantitative estimate of drug-likeness (QED) is 0.577. The van der Waals surface area contributed by atoms with Crippen molar-refractivity contribution >= 4 is 15.9 Å². The number of alkyl halides is 9. The molecular formula is C10H8F9NO3S. The maximum atomic E-state index is 13.3. The SMILES string of the molecule is O=C(NS(=O)(=O)C(F)(F)C(F)(F)C(F)(F)C(F)(F)F)C1C=CCC1. The molecule has 0 saturated heterocycles. The molecule has 1 rings (SSSR count). The lowest BCUT2D eigenvalue weighted by Crippen LogP contribution is -2.65. The Morgan fingerprint density at radius 1 is 0.958 bits per heavy atom. The first kappa shape index (κ1) is 20.6. The molecule has 0 fully saturated rings. The Hall–Kier alpha value is -1.47. The number of sulfonamides is 1. The topological polar surface area (TPSA) is 63.2 Å². The largest absolute Gasteiger partial charge is 0.460 e. The third-order valence-electron chi connectivity index (χ3n) is 3.04. The minimum atomic E-state index is -7.37. The predicted molar refractivity (Wildman–Crippen MR) is 59.8 cm³/mol. The van der Waals surface area contributed by atoms with Gasteiger partial charge in [-0.1, -0.05) is 12.2 Å². The summed E-state index contributed by atoms with van der Waals surface area (Å²) in [5.74, 6) is -17.8. The van der Waals surface area contributed by atoms with Crippen LogP contribution in [0, 0.1) is 5.92 Å². The van der Waals surface area contributed by atoms with Crippen LogP contribution in [0.4, 0.5) is 39.5 Å². The highest BCUT2D eigenvalue weighted by Crippen LogP contribution is 2.54. The number of hydrogen-bond donors (Lipinski definition) is 1. The summed E-state index contributed by atoms with van der Waals surface area (Å²) in [7, 11) is -6.89. The van der Waals surface area contributed by atoms with E-state index in [1.807, 2.05) is 0 Å². The number of amides is 1. The van der Waals surface area contributed by atoms with Gasteiger partial charge in [-0.2, -0.15) is 47.9 Å². The fourth-order valence-corrected chi connectivity index (χ4v) is 2.66. The van der Waals surface area contributed by atoms with Crippen molar-refractivity contribution < 1.29 is 52.7 Å². The molecule has 1 aliphatic rings. The lowest BCUT2D eigenvalue weighted by molar-refractivity contribution is -0.382. The van der Waals surface area contributed by atoms with Gasteiger partial charge in [0.15, 0.2) is 0 Å². The first-order valence-corrected chi connectivity index (χ1v) is 7.40. The second-order valence-corrected chi connectivity index (χ2v) is 6.47. The summed E-state index contributed by atoms with van der Waals surface area (Å²) in [4.78, 5) is 11.4. The molecule has 0 bridgehead atoms. The molecule has 4 nitrogen and oxygen atoms in total. The number of hydrogen-bond acceptors (Lipinski definition) is 3. The van der Waals surface area contributed by atoms with Crippen LogP contribution in [0.3, 0.4) is 0 Å². The smallest absolute Gasteiger partial charge is 0.273 e. The van der Waals surface area contributed by atoms with Crippen LogP contribution in [0.5, 0.6) is 0 Å². The molecule has 1 atom stereocenters. The number of carbonyl (C=O) groups is 1. The monoisotopic (exact) mass is 393 g/mol. The predicted octanol–water partition coefficient (Wildman–Crippen LogP) is 2.82. The zero-order valence-corrected chi connectivity index (χ0v) is 12.0. The number of carbonyl (C=O) groups excluding carboxylic acids is 1. The van der Waals surface area contributed by atoms with E-state index in [1.54, 1.807) is 0 Å². The summed E-state index contributed by atoms with van der Waals surface area (Å²) in [6.07, 6.45) is -4.67. The Labute approximate surface area is 128 Å². The van der Waals surface area contributed by atoms with E-state index in [4.69, 9.17) is 0 Å². The molecule has 0 heterocycles. The Morgan fingerprint density at radius 2 is 1.46 bits per heavy atom. The fourth-order valence-electron chi connectivity index (χ4n) is 1.65. The van der Waals surface area contributed by atoms with Crippen molar-refractivity contribution in [2.24, 2.45) is 5.92 Å². The van der Waals surface area contributed by atoms with E-state index in [-0.39, 0.29) is 12.8 Å². The standard InChI is InChI=1S/C10H8F9NO3S/c11-7(12,9(15,16)17)8(13,14)10(18,19)24(22,23)20-6(21)5-3-1-2-4-5/h1,3,5H,2,4H2,(H,20,21). The van der Waals surface area contributed by atoms with Crippen molar-refractivity contribution in [3.63, 3.8) is 0 Å². The molecule has 0 aliphatic heterocycles. The van der Waals surface area contributed by atoms with Crippen LogP contribution in [-0.2, 0) is 14.8 Å². The van der Waals surface area contributed by atoms with Gasteiger partial charge in [-0.15, -0.1) is 0 Å². The van der Waals surface area contributed by atoms with Gasteiger partial charge in [-0.05, 0) is 12.8 Å². The van der Waals surface area contributed by atoms with E-state index in [0.29, 0.717) is 4.72 Å². The molecule has 1 aliphatic carbocycles. The average molecular weight is 393 g/mol. The van der Waals surface area contributed by atoms with E-state index in [1.165, 1.54) is 6.08 Å². The van der Waals surface area contributed by atoms with Crippen molar-refractivity contribution in [1.82, 2.24) is 4.72 Å². The van der Waals surface area contributed by atoms with Gasteiger partial charge >= 0.3 is 33.3 Å². The normalized spacial score (nSPS) is 20.3. The molecule has 1 N–H and O–H groups in total. The van der Waals surface area contributed by atoms with Crippen LogP contribution in [-0.4, -0.2) is 37.6 Å². The summed E-state index contributed by atoms with van der Waals surface area (Å²) < 4.78 is 136. The Kier molecular flexibility index (Phi) is 4.98. The number of nitrogens with one attached hydrogen (secondary N) is 1. The van der Waals surface area contributed by atoms with Crippen LogP contribution in [0.25, 0.3) is 0 Å². The summed E-state index contributed by atoms with van der Waals surface area (Å²) in [5, 5.41) is -6.92. The van der Waals surface area contributed by atoms with Crippen LogP contribution in [0.2, 0.25) is 0 Å². The number of halogens is 9. The van der Waals surface area contributed by atoms with Gasteiger partial charge in [0, 0.05) is 0 Å². The lowest BCUT2D eigenvalue weighted by Gasteiger charge is -2.33. The third kappa shape index (κ3) is 3.07. The lowest BCUT2D eigenvalue weighted by atomic mass is 10.1. The van der Waals surface area contributed by atoms with Crippen molar-refractivity contribution in [2.75, 3.05) is 0 Å². The highest BCUT2D eigenvalue weighted by atomic mass is 32.2. The minimum absolute atomic E-state index is 0.0813. The maximum Gasteiger partial charge on any atom is 0.460 e. The molecule has 0 aromatic rings. The zero-order valence-electron chi connectivity index (χ0n) is 11.2. The van der Waals surface area contributed by atoms with E-state index in [9.17, 15) is 52.7 Å². The van der Waals surface area contributed by atoms with Crippen LogP contribution < -0.4 is 4.72 Å². The van der Waals surface area contributed by atoms with Gasteiger partial charge in [-0.3, -0.25) is 4.79 Å². The number of allylic oxidation sites excluding steroid dienone is 1. The third-order valence-corrected chi connectivity index (χ3v) is 4.44. The van der Waals surface area contributed by atoms with Gasteiger partial charge in [0.1, 0.15) is 0 Å². The first-order chi connectivity index (χ1) is 10.5. The van der Waals surface area contributed by atoms with Gasteiger partial charge in [-0.25, -0.2) is 4.72 Å². The molecule has 14 heteroatoms. The molecule has 0 radical (unpaired) electrons. The van der Waals surface area contributed by atoms with E-state index < -0.39 is 45.1 Å². The average Bonchev–Trinajstić information content (AvgIpc) is 2.89. The molecule has 0 saturated carbocycles. The van der Waals surface area contributed by atoms with Crippen molar-refractivity contribution in [3.05, 3.63) is 12.2 Å². The number of rotatable bonds is 5. The second-order valence-electron chi connectivity index (χ2n) is 4.75. The van der Waals surface area contributed by atoms with Crippen LogP contribution in [0.1, 0.15) is 12.8 Å². The molecule has 0 aromatic heterocycles.